The van der Waals surface area contributed by atoms with Crippen molar-refractivity contribution in [3.63, 3.8) is 0 Å². The van der Waals surface area contributed by atoms with E-state index in [-0.39, 0.29) is 5.91 Å². The molecule has 3 rings (SSSR count). The normalized spacial score (nSPS) is 10.9. The molecule has 8 heteroatoms. The van der Waals surface area contributed by atoms with Crippen LogP contribution in [0.4, 0.5) is 5.13 Å². The molecule has 0 aliphatic heterocycles. The molecule has 0 aliphatic rings. The van der Waals surface area contributed by atoms with Gasteiger partial charge in [-0.2, -0.15) is 4.37 Å². The fourth-order valence-corrected chi connectivity index (χ4v) is 4.36. The molecular weight excluding hydrogens is 448 g/mol. The zero-order valence-corrected chi connectivity index (χ0v) is 21.2. The summed E-state index contributed by atoms with van der Waals surface area (Å²) in [5.74, 6) is 2.70. The van der Waals surface area contributed by atoms with Gasteiger partial charge in [-0.1, -0.05) is 50.2 Å². The molecule has 0 atom stereocenters. The van der Waals surface area contributed by atoms with E-state index in [0.29, 0.717) is 43.3 Å². The quantitative estimate of drug-likeness (QED) is 0.390. The van der Waals surface area contributed by atoms with Gasteiger partial charge in [0, 0.05) is 44.0 Å². The lowest BCUT2D eigenvalue weighted by Gasteiger charge is -2.23. The fourth-order valence-electron chi connectivity index (χ4n) is 3.64. The molecule has 0 saturated heterocycles. The Kier molecular flexibility index (Phi) is 9.70. The Hall–Kier alpha value is -3.13. The molecule has 182 valence electrons. The molecule has 0 spiro atoms. The maximum atomic E-state index is 12.5. The fraction of sp³-hybridized carbons (Fsp3) is 0.423. The van der Waals surface area contributed by atoms with Crippen molar-refractivity contribution in [1.82, 2.24) is 14.7 Å². The molecular formula is C26H34N4O3S. The maximum absolute atomic E-state index is 12.5. The number of nitrogens with one attached hydrogen (secondary N) is 1. The third kappa shape index (κ3) is 7.73. The van der Waals surface area contributed by atoms with E-state index in [4.69, 9.17) is 14.5 Å². The molecule has 7 nitrogen and oxygen atoms in total. The highest BCUT2D eigenvalue weighted by molar-refractivity contribution is 7.09. The Morgan fingerprint density at radius 2 is 1.82 bits per heavy atom. The third-order valence-corrected chi connectivity index (χ3v) is 6.13. The third-order valence-electron chi connectivity index (χ3n) is 5.31. The molecule has 0 unspecified atom stereocenters. The molecule has 0 radical (unpaired) electrons. The van der Waals surface area contributed by atoms with Crippen LogP contribution in [0.2, 0.25) is 0 Å². The lowest BCUT2D eigenvalue weighted by Crippen LogP contribution is -2.33. The largest absolute Gasteiger partial charge is 0.493 e. The van der Waals surface area contributed by atoms with Gasteiger partial charge in [0.1, 0.15) is 5.82 Å². The number of hydrogen-bond acceptors (Lipinski definition) is 7. The standard InChI is InChI=1S/C26H34N4O3S/c1-19(2)18-30(26-28-24(29-34-26)17-20-8-6-5-7-9-20)15-13-25(31)27-14-12-21-10-11-22(32-3)23(16-21)33-4/h5-11,16,19H,12-15,17-18H2,1-4H3,(H,27,31). The molecule has 34 heavy (non-hydrogen) atoms. The van der Waals surface area contributed by atoms with Gasteiger partial charge in [-0.25, -0.2) is 4.98 Å². The highest BCUT2D eigenvalue weighted by Crippen LogP contribution is 2.27. The van der Waals surface area contributed by atoms with Crippen molar-refractivity contribution >= 4 is 22.6 Å². The van der Waals surface area contributed by atoms with Gasteiger partial charge in [0.25, 0.3) is 0 Å². The minimum atomic E-state index is 0.0308. The maximum Gasteiger partial charge on any atom is 0.221 e. The van der Waals surface area contributed by atoms with Crippen LogP contribution in [-0.4, -0.2) is 49.1 Å². The average molecular weight is 483 g/mol. The van der Waals surface area contributed by atoms with Crippen LogP contribution in [0.3, 0.4) is 0 Å². The van der Waals surface area contributed by atoms with Crippen molar-refractivity contribution in [1.29, 1.82) is 0 Å². The number of hydrogen-bond donors (Lipinski definition) is 1. The zero-order valence-electron chi connectivity index (χ0n) is 20.4. The summed E-state index contributed by atoms with van der Waals surface area (Å²) in [5, 5.41) is 3.90. The molecule has 0 bridgehead atoms. The summed E-state index contributed by atoms with van der Waals surface area (Å²) < 4.78 is 15.2. The van der Waals surface area contributed by atoms with Gasteiger partial charge in [-0.05, 0) is 35.6 Å². The monoisotopic (exact) mass is 482 g/mol. The van der Waals surface area contributed by atoms with Crippen LogP contribution in [0.25, 0.3) is 0 Å². The lowest BCUT2D eigenvalue weighted by atomic mass is 10.1. The predicted molar refractivity (Wildman–Crippen MR) is 137 cm³/mol. The second kappa shape index (κ2) is 12.9. The second-order valence-corrected chi connectivity index (χ2v) is 9.27. The minimum Gasteiger partial charge on any atom is -0.493 e. The van der Waals surface area contributed by atoms with E-state index in [1.807, 2.05) is 36.4 Å². The number of carbonyl (C=O) groups is 1. The molecule has 1 heterocycles. The number of aromatic nitrogens is 2. The summed E-state index contributed by atoms with van der Waals surface area (Å²) in [6, 6.07) is 16.0. The van der Waals surface area contributed by atoms with Gasteiger partial charge < -0.3 is 19.7 Å². The molecule has 1 N–H and O–H groups in total. The Labute approximate surface area is 206 Å². The first-order valence-corrected chi connectivity index (χ1v) is 12.3. The molecule has 1 aromatic heterocycles. The summed E-state index contributed by atoms with van der Waals surface area (Å²) in [6.45, 7) is 6.35. The van der Waals surface area contributed by atoms with E-state index in [1.54, 1.807) is 14.2 Å². The lowest BCUT2D eigenvalue weighted by molar-refractivity contribution is -0.120. The van der Waals surface area contributed by atoms with Crippen molar-refractivity contribution in [2.24, 2.45) is 5.92 Å². The van der Waals surface area contributed by atoms with Gasteiger partial charge in [-0.3, -0.25) is 4.79 Å². The first-order valence-electron chi connectivity index (χ1n) is 11.6. The number of nitrogens with zero attached hydrogens (tertiary/aromatic N) is 3. The molecule has 0 fully saturated rings. The molecule has 0 aliphatic carbocycles. The van der Waals surface area contributed by atoms with Crippen LogP contribution in [0, 0.1) is 5.92 Å². The number of ether oxygens (including phenoxy) is 2. The Morgan fingerprint density at radius 1 is 1.06 bits per heavy atom. The van der Waals surface area contributed by atoms with Crippen molar-refractivity contribution in [3.8, 4) is 11.5 Å². The SMILES string of the molecule is COc1ccc(CCNC(=O)CCN(CC(C)C)c2nc(Cc3ccccc3)ns2)cc1OC. The number of carbonyl (C=O) groups excluding carboxylic acids is 1. The van der Waals surface area contributed by atoms with E-state index in [9.17, 15) is 4.79 Å². The van der Waals surface area contributed by atoms with Gasteiger partial charge in [0.15, 0.2) is 11.5 Å². The van der Waals surface area contributed by atoms with Crippen LogP contribution >= 0.6 is 11.5 Å². The molecule has 1 amide bonds. The van der Waals surface area contributed by atoms with E-state index in [2.05, 4.69) is 40.6 Å². The van der Waals surface area contributed by atoms with Crippen molar-refractivity contribution in [2.75, 3.05) is 38.8 Å². The Balaban J connectivity index is 1.50. The van der Waals surface area contributed by atoms with Gasteiger partial charge in [0.05, 0.1) is 14.2 Å². The first-order chi connectivity index (χ1) is 16.5. The molecule has 0 saturated carbocycles. The van der Waals surface area contributed by atoms with Crippen LogP contribution in [-0.2, 0) is 17.6 Å². The molecule has 3 aromatic rings. The second-order valence-electron chi connectivity index (χ2n) is 8.53. The number of methoxy groups -OCH3 is 2. The van der Waals surface area contributed by atoms with Crippen LogP contribution in [0.15, 0.2) is 48.5 Å². The first kappa shape index (κ1) is 25.5. The number of benzene rings is 2. The highest BCUT2D eigenvalue weighted by Gasteiger charge is 2.16. The van der Waals surface area contributed by atoms with Gasteiger partial charge in [-0.15, -0.1) is 0 Å². The predicted octanol–water partition coefficient (Wildman–Crippen LogP) is 4.36. The van der Waals surface area contributed by atoms with Crippen molar-refractivity contribution in [2.45, 2.75) is 33.1 Å². The number of amides is 1. The highest BCUT2D eigenvalue weighted by atomic mass is 32.1. The van der Waals surface area contributed by atoms with E-state index in [0.717, 1.165) is 29.5 Å². The van der Waals surface area contributed by atoms with Crippen LogP contribution < -0.4 is 19.7 Å². The van der Waals surface area contributed by atoms with E-state index < -0.39 is 0 Å². The van der Waals surface area contributed by atoms with Crippen molar-refractivity contribution < 1.29 is 14.3 Å². The number of rotatable bonds is 13. The van der Waals surface area contributed by atoms with Crippen LogP contribution in [0.5, 0.6) is 11.5 Å². The Bertz CT molecular complexity index is 1040. The summed E-state index contributed by atoms with van der Waals surface area (Å²) in [6.07, 6.45) is 1.84. The van der Waals surface area contributed by atoms with Crippen LogP contribution in [0.1, 0.15) is 37.2 Å². The summed E-state index contributed by atoms with van der Waals surface area (Å²) in [5.41, 5.74) is 2.27. The van der Waals surface area contributed by atoms with Gasteiger partial charge in [0.2, 0.25) is 11.0 Å². The average Bonchev–Trinajstić information content (AvgIpc) is 3.30. The number of anilines is 1. The summed E-state index contributed by atoms with van der Waals surface area (Å²) in [7, 11) is 3.24. The van der Waals surface area contributed by atoms with E-state index >= 15 is 0 Å². The van der Waals surface area contributed by atoms with E-state index in [1.165, 1.54) is 17.1 Å². The summed E-state index contributed by atoms with van der Waals surface area (Å²) >= 11 is 1.40. The minimum absolute atomic E-state index is 0.0308. The summed E-state index contributed by atoms with van der Waals surface area (Å²) in [4.78, 5) is 19.4. The topological polar surface area (TPSA) is 76.6 Å². The Morgan fingerprint density at radius 3 is 2.53 bits per heavy atom. The smallest absolute Gasteiger partial charge is 0.221 e. The van der Waals surface area contributed by atoms with Crippen molar-refractivity contribution in [3.05, 3.63) is 65.5 Å². The molecule has 2 aromatic carbocycles. The van der Waals surface area contributed by atoms with Gasteiger partial charge >= 0.3 is 0 Å². The zero-order chi connectivity index (χ0) is 24.3.